The molecule has 1 unspecified atom stereocenters. The largest absolute Gasteiger partial charge is 0.383 e. The van der Waals surface area contributed by atoms with Crippen LogP contribution in [0.4, 0.5) is 0 Å². The van der Waals surface area contributed by atoms with Crippen LogP contribution in [0.5, 0.6) is 0 Å². The van der Waals surface area contributed by atoms with Gasteiger partial charge < -0.3 is 15.4 Å². The third-order valence-corrected chi connectivity index (χ3v) is 3.59. The predicted molar refractivity (Wildman–Crippen MR) is 77.5 cm³/mol. The Morgan fingerprint density at radius 3 is 2.42 bits per heavy atom. The molecular formula is C14H21ClN2O2. The molecule has 19 heavy (non-hydrogen) atoms. The van der Waals surface area contributed by atoms with Crippen LogP contribution in [0.15, 0.2) is 24.3 Å². The third-order valence-electron chi connectivity index (χ3n) is 3.59. The molecule has 1 amide bonds. The lowest BCUT2D eigenvalue weighted by atomic mass is 10.1. The van der Waals surface area contributed by atoms with Crippen molar-refractivity contribution < 1.29 is 9.53 Å². The first kappa shape index (κ1) is 16.0. The van der Waals surface area contributed by atoms with Crippen molar-refractivity contribution in [3.8, 4) is 0 Å². The Morgan fingerprint density at radius 1 is 1.42 bits per heavy atom. The van der Waals surface area contributed by atoms with Crippen molar-refractivity contribution in [2.24, 2.45) is 5.73 Å². The molecule has 1 aliphatic carbocycles. The fourth-order valence-electron chi connectivity index (χ4n) is 2.50. The van der Waals surface area contributed by atoms with E-state index >= 15 is 0 Å². The molecule has 0 heterocycles. The Kier molecular flexibility index (Phi) is 5.79. The molecule has 0 radical (unpaired) electrons. The zero-order chi connectivity index (χ0) is 13.1. The number of rotatable bonds is 4. The van der Waals surface area contributed by atoms with Gasteiger partial charge in [0.1, 0.15) is 6.04 Å². The van der Waals surface area contributed by atoms with Gasteiger partial charge >= 0.3 is 0 Å². The first-order chi connectivity index (χ1) is 8.63. The van der Waals surface area contributed by atoms with E-state index in [2.05, 4.69) is 12.1 Å². The van der Waals surface area contributed by atoms with Crippen LogP contribution in [0.2, 0.25) is 0 Å². The lowest BCUT2D eigenvalue weighted by Crippen LogP contribution is -2.48. The van der Waals surface area contributed by atoms with Crippen LogP contribution in [0, 0.1) is 0 Å². The molecule has 0 saturated heterocycles. The number of nitrogens with two attached hydrogens (primary N) is 1. The molecule has 2 rings (SSSR count). The summed E-state index contributed by atoms with van der Waals surface area (Å²) < 4.78 is 4.93. The second-order valence-electron chi connectivity index (χ2n) is 4.84. The number of fused-ring (bicyclic) bond motifs is 1. The predicted octanol–water partition coefficient (Wildman–Crippen LogP) is 1.01. The lowest BCUT2D eigenvalue weighted by Gasteiger charge is -2.27. The fourth-order valence-corrected chi connectivity index (χ4v) is 2.50. The number of ether oxygens (including phenoxy) is 1. The summed E-state index contributed by atoms with van der Waals surface area (Å²) in [7, 11) is 3.38. The zero-order valence-corrected chi connectivity index (χ0v) is 12.2. The monoisotopic (exact) mass is 284 g/mol. The Labute approximate surface area is 120 Å². The highest BCUT2D eigenvalue weighted by Gasteiger charge is 2.29. The van der Waals surface area contributed by atoms with Crippen molar-refractivity contribution in [1.29, 1.82) is 0 Å². The van der Waals surface area contributed by atoms with Crippen molar-refractivity contribution >= 4 is 18.3 Å². The maximum Gasteiger partial charge on any atom is 0.241 e. The lowest BCUT2D eigenvalue weighted by molar-refractivity contribution is -0.134. The van der Waals surface area contributed by atoms with E-state index in [1.807, 2.05) is 19.2 Å². The van der Waals surface area contributed by atoms with Gasteiger partial charge in [0.25, 0.3) is 0 Å². The van der Waals surface area contributed by atoms with Gasteiger partial charge in [0.05, 0.1) is 6.61 Å². The first-order valence-electron chi connectivity index (χ1n) is 6.21. The van der Waals surface area contributed by atoms with E-state index in [9.17, 15) is 4.79 Å². The van der Waals surface area contributed by atoms with E-state index < -0.39 is 6.04 Å². The van der Waals surface area contributed by atoms with Crippen LogP contribution in [0.3, 0.4) is 0 Å². The highest BCUT2D eigenvalue weighted by atomic mass is 35.5. The number of amides is 1. The number of hydrogen-bond acceptors (Lipinski definition) is 3. The van der Waals surface area contributed by atoms with Gasteiger partial charge in [-0.2, -0.15) is 0 Å². The number of methoxy groups -OCH3 is 1. The Bertz CT molecular complexity index is 414. The topological polar surface area (TPSA) is 55.6 Å². The van der Waals surface area contributed by atoms with Crippen molar-refractivity contribution in [1.82, 2.24) is 4.90 Å². The van der Waals surface area contributed by atoms with Gasteiger partial charge in [-0.25, -0.2) is 0 Å². The summed E-state index contributed by atoms with van der Waals surface area (Å²) in [5.74, 6) is -0.0466. The first-order valence-corrected chi connectivity index (χ1v) is 6.21. The van der Waals surface area contributed by atoms with E-state index in [0.29, 0.717) is 0 Å². The summed E-state index contributed by atoms with van der Waals surface area (Å²) in [6, 6.07) is 7.99. The second kappa shape index (κ2) is 6.89. The number of carbonyl (C=O) groups excluding carboxylic acids is 1. The molecule has 0 spiro atoms. The molecule has 1 aromatic rings. The highest BCUT2D eigenvalue weighted by Crippen LogP contribution is 2.24. The summed E-state index contributed by atoms with van der Waals surface area (Å²) in [4.78, 5) is 13.9. The molecule has 0 aromatic heterocycles. The van der Waals surface area contributed by atoms with Crippen molar-refractivity contribution in [2.75, 3.05) is 20.8 Å². The molecule has 1 aliphatic rings. The van der Waals surface area contributed by atoms with E-state index in [1.54, 1.807) is 12.0 Å². The number of benzene rings is 1. The molecule has 106 valence electrons. The van der Waals surface area contributed by atoms with E-state index in [1.165, 1.54) is 11.1 Å². The van der Waals surface area contributed by atoms with Crippen molar-refractivity contribution in [3.63, 3.8) is 0 Å². The number of likely N-dealkylation sites (N-methyl/N-ethyl adjacent to an activating group) is 1. The quantitative estimate of drug-likeness (QED) is 0.898. The van der Waals surface area contributed by atoms with Crippen molar-refractivity contribution in [2.45, 2.75) is 24.9 Å². The summed E-state index contributed by atoms with van der Waals surface area (Å²) in [5.41, 5.74) is 8.46. The van der Waals surface area contributed by atoms with Gasteiger partial charge in [0.15, 0.2) is 0 Å². The van der Waals surface area contributed by atoms with Gasteiger partial charge in [-0.3, -0.25) is 4.79 Å². The Balaban J connectivity index is 0.00000180. The van der Waals surface area contributed by atoms with Crippen LogP contribution in [0.1, 0.15) is 11.1 Å². The molecule has 0 saturated carbocycles. The number of nitrogens with zero attached hydrogens (tertiary/aromatic N) is 1. The molecule has 5 heteroatoms. The van der Waals surface area contributed by atoms with E-state index in [4.69, 9.17) is 10.5 Å². The fraction of sp³-hybridized carbons (Fsp3) is 0.500. The van der Waals surface area contributed by atoms with E-state index in [0.717, 1.165) is 12.8 Å². The normalized spacial score (nSPS) is 15.5. The Morgan fingerprint density at radius 2 is 1.95 bits per heavy atom. The SMILES string of the molecule is COCC(N)C(=O)N(C)C1Cc2ccccc2C1.Cl. The number of halogens is 1. The van der Waals surface area contributed by atoms with Crippen LogP contribution in [0.25, 0.3) is 0 Å². The second-order valence-corrected chi connectivity index (χ2v) is 4.84. The third kappa shape index (κ3) is 3.47. The van der Waals surface area contributed by atoms with Crippen LogP contribution < -0.4 is 5.73 Å². The standard InChI is InChI=1S/C14H20N2O2.ClH/c1-16(14(17)13(15)9-18-2)12-7-10-5-3-4-6-11(10)8-12;/h3-6,12-13H,7-9,15H2,1-2H3;1H. The smallest absolute Gasteiger partial charge is 0.241 e. The average Bonchev–Trinajstić information content (AvgIpc) is 2.81. The minimum absolute atomic E-state index is 0. The van der Waals surface area contributed by atoms with Crippen molar-refractivity contribution in [3.05, 3.63) is 35.4 Å². The highest BCUT2D eigenvalue weighted by molar-refractivity contribution is 5.85. The van der Waals surface area contributed by atoms with Gasteiger partial charge in [-0.1, -0.05) is 24.3 Å². The summed E-state index contributed by atoms with van der Waals surface area (Å²) in [5, 5.41) is 0. The van der Waals surface area contributed by atoms with Gasteiger partial charge in [0, 0.05) is 20.2 Å². The zero-order valence-electron chi connectivity index (χ0n) is 11.3. The molecule has 2 N–H and O–H groups in total. The van der Waals surface area contributed by atoms with Gasteiger partial charge in [0.2, 0.25) is 5.91 Å². The van der Waals surface area contributed by atoms with Crippen LogP contribution in [-0.4, -0.2) is 43.7 Å². The molecule has 4 nitrogen and oxygen atoms in total. The minimum Gasteiger partial charge on any atom is -0.383 e. The maximum atomic E-state index is 12.1. The molecular weight excluding hydrogens is 264 g/mol. The summed E-state index contributed by atoms with van der Waals surface area (Å²) in [6.45, 7) is 0.267. The molecule has 1 aromatic carbocycles. The van der Waals surface area contributed by atoms with Gasteiger partial charge in [-0.05, 0) is 24.0 Å². The maximum absolute atomic E-state index is 12.1. The summed E-state index contributed by atoms with van der Waals surface area (Å²) in [6.07, 6.45) is 1.83. The number of carbonyl (C=O) groups is 1. The number of hydrogen-bond donors (Lipinski definition) is 1. The molecule has 0 bridgehead atoms. The minimum atomic E-state index is -0.566. The molecule has 1 atom stereocenters. The van der Waals surface area contributed by atoms with Gasteiger partial charge in [-0.15, -0.1) is 12.4 Å². The molecule has 0 fully saturated rings. The van der Waals surface area contributed by atoms with Crippen LogP contribution >= 0.6 is 12.4 Å². The summed E-state index contributed by atoms with van der Waals surface area (Å²) >= 11 is 0. The molecule has 0 aliphatic heterocycles. The van der Waals surface area contributed by atoms with Crippen LogP contribution in [-0.2, 0) is 22.4 Å². The van der Waals surface area contributed by atoms with E-state index in [-0.39, 0.29) is 31.0 Å². The average molecular weight is 285 g/mol. The Hall–Kier alpha value is -1.10.